The van der Waals surface area contributed by atoms with Gasteiger partial charge in [0, 0.05) is 38.1 Å². The van der Waals surface area contributed by atoms with Gasteiger partial charge in [0.25, 0.3) is 5.91 Å². The monoisotopic (exact) mass is 412 g/mol. The van der Waals surface area contributed by atoms with Gasteiger partial charge in [-0.1, -0.05) is 18.2 Å². The van der Waals surface area contributed by atoms with Crippen LogP contribution in [0.1, 0.15) is 0 Å². The number of anilines is 1. The standard InChI is InChI=1S/C20H20N4O4S/c21-14-16(20(26)22-17-6-8-18(25)9-7-17)15-23-10-12-24(13-11-23)29(27,28)19-4-2-1-3-5-19/h1-9,15,25H,10-13H2,(H,22,26)/b16-15-. The molecule has 3 rings (SSSR count). The number of hydrogen-bond acceptors (Lipinski definition) is 6. The number of rotatable bonds is 5. The van der Waals surface area contributed by atoms with Gasteiger partial charge in [-0.2, -0.15) is 9.57 Å². The van der Waals surface area contributed by atoms with E-state index in [9.17, 15) is 23.6 Å². The predicted octanol–water partition coefficient (Wildman–Crippen LogP) is 1.74. The van der Waals surface area contributed by atoms with Gasteiger partial charge in [0.1, 0.15) is 17.4 Å². The fraction of sp³-hybridized carbons (Fsp3) is 0.200. The summed E-state index contributed by atoms with van der Waals surface area (Å²) < 4.78 is 26.7. The Hall–Kier alpha value is -3.35. The third-order valence-electron chi connectivity index (χ3n) is 4.46. The van der Waals surface area contributed by atoms with Crippen molar-refractivity contribution >= 4 is 21.6 Å². The van der Waals surface area contributed by atoms with Crippen LogP contribution in [0.3, 0.4) is 0 Å². The van der Waals surface area contributed by atoms with Gasteiger partial charge in [-0.15, -0.1) is 0 Å². The fourth-order valence-electron chi connectivity index (χ4n) is 2.88. The van der Waals surface area contributed by atoms with Crippen molar-refractivity contribution in [1.29, 1.82) is 5.26 Å². The van der Waals surface area contributed by atoms with Crippen LogP contribution in [0.15, 0.2) is 71.3 Å². The van der Waals surface area contributed by atoms with Crippen molar-refractivity contribution < 1.29 is 18.3 Å². The summed E-state index contributed by atoms with van der Waals surface area (Å²) in [6.07, 6.45) is 1.45. The normalized spacial score (nSPS) is 15.6. The van der Waals surface area contributed by atoms with Crippen LogP contribution in [0.5, 0.6) is 5.75 Å². The lowest BCUT2D eigenvalue weighted by Gasteiger charge is -2.33. The average Bonchev–Trinajstić information content (AvgIpc) is 2.74. The summed E-state index contributed by atoms with van der Waals surface area (Å²) in [5, 5.41) is 21.2. The van der Waals surface area contributed by atoms with Gasteiger partial charge in [-0.05, 0) is 36.4 Å². The first kappa shape index (κ1) is 20.4. The van der Waals surface area contributed by atoms with Crippen LogP contribution in [-0.2, 0) is 14.8 Å². The maximum absolute atomic E-state index is 12.7. The number of hydrogen-bond donors (Lipinski definition) is 2. The van der Waals surface area contributed by atoms with Gasteiger partial charge in [-0.3, -0.25) is 4.79 Å². The minimum atomic E-state index is -3.56. The van der Waals surface area contributed by atoms with Crippen molar-refractivity contribution in [3.63, 3.8) is 0 Å². The predicted molar refractivity (Wildman–Crippen MR) is 107 cm³/mol. The van der Waals surface area contributed by atoms with Crippen LogP contribution >= 0.6 is 0 Å². The Morgan fingerprint density at radius 3 is 2.24 bits per heavy atom. The first-order valence-corrected chi connectivity index (χ1v) is 10.4. The van der Waals surface area contributed by atoms with Crippen molar-refractivity contribution in [2.24, 2.45) is 0 Å². The highest BCUT2D eigenvalue weighted by Gasteiger charge is 2.28. The molecule has 29 heavy (non-hydrogen) atoms. The maximum atomic E-state index is 12.7. The molecular formula is C20H20N4O4S. The number of phenolic OH excluding ortho intramolecular Hbond substituents is 1. The SMILES string of the molecule is N#C/C(=C/N1CCN(S(=O)(=O)c2ccccc2)CC1)C(=O)Nc1ccc(O)cc1. The molecule has 1 saturated heterocycles. The highest BCUT2D eigenvalue weighted by Crippen LogP contribution is 2.18. The van der Waals surface area contributed by atoms with Crippen molar-refractivity contribution in [2.45, 2.75) is 4.90 Å². The van der Waals surface area contributed by atoms with E-state index < -0.39 is 15.9 Å². The molecule has 2 N–H and O–H groups in total. The molecule has 0 unspecified atom stereocenters. The molecule has 0 bridgehead atoms. The van der Waals surface area contributed by atoms with E-state index in [1.807, 2.05) is 6.07 Å². The number of amides is 1. The number of nitrogens with one attached hydrogen (secondary N) is 1. The number of carbonyl (C=O) groups excluding carboxylic acids is 1. The summed E-state index contributed by atoms with van der Waals surface area (Å²) in [5.41, 5.74) is 0.366. The molecule has 0 atom stereocenters. The van der Waals surface area contributed by atoms with E-state index in [-0.39, 0.29) is 29.3 Å². The number of piperazine rings is 1. The largest absolute Gasteiger partial charge is 0.508 e. The molecule has 2 aromatic rings. The number of nitrogens with zero attached hydrogens (tertiary/aromatic N) is 3. The van der Waals surface area contributed by atoms with E-state index in [2.05, 4.69) is 5.32 Å². The molecule has 0 spiro atoms. The Bertz CT molecular complexity index is 1040. The third kappa shape index (κ3) is 4.93. The minimum absolute atomic E-state index is 0.0716. The fourth-order valence-corrected chi connectivity index (χ4v) is 4.32. The molecule has 1 fully saturated rings. The first-order chi connectivity index (χ1) is 13.9. The van der Waals surface area contributed by atoms with Crippen molar-refractivity contribution in [3.05, 3.63) is 66.4 Å². The lowest BCUT2D eigenvalue weighted by molar-refractivity contribution is -0.112. The van der Waals surface area contributed by atoms with Crippen LogP contribution in [-0.4, -0.2) is 54.8 Å². The zero-order chi connectivity index (χ0) is 20.9. The smallest absolute Gasteiger partial charge is 0.267 e. The van der Waals surface area contributed by atoms with Gasteiger partial charge in [-0.25, -0.2) is 8.42 Å². The van der Waals surface area contributed by atoms with Crippen molar-refractivity contribution in [1.82, 2.24) is 9.21 Å². The lowest BCUT2D eigenvalue weighted by atomic mass is 10.2. The second-order valence-electron chi connectivity index (χ2n) is 6.41. The molecule has 0 saturated carbocycles. The summed E-state index contributed by atoms with van der Waals surface area (Å²) in [4.78, 5) is 14.3. The quantitative estimate of drug-likeness (QED) is 0.439. The zero-order valence-electron chi connectivity index (χ0n) is 15.5. The van der Waals surface area contributed by atoms with Crippen molar-refractivity contribution in [3.8, 4) is 11.8 Å². The topological polar surface area (TPSA) is 114 Å². The van der Waals surface area contributed by atoms with Crippen LogP contribution < -0.4 is 5.32 Å². The number of carbonyl (C=O) groups is 1. The number of aromatic hydroxyl groups is 1. The maximum Gasteiger partial charge on any atom is 0.267 e. The van der Waals surface area contributed by atoms with E-state index in [4.69, 9.17) is 0 Å². The molecule has 150 valence electrons. The van der Waals surface area contributed by atoms with Crippen LogP contribution in [0, 0.1) is 11.3 Å². The molecule has 2 aromatic carbocycles. The second-order valence-corrected chi connectivity index (χ2v) is 8.35. The highest BCUT2D eigenvalue weighted by molar-refractivity contribution is 7.89. The van der Waals surface area contributed by atoms with Crippen molar-refractivity contribution in [2.75, 3.05) is 31.5 Å². The Labute approximate surface area is 169 Å². The van der Waals surface area contributed by atoms with E-state index in [1.54, 1.807) is 35.2 Å². The molecule has 9 heteroatoms. The third-order valence-corrected chi connectivity index (χ3v) is 6.37. The molecule has 1 amide bonds. The minimum Gasteiger partial charge on any atom is -0.508 e. The molecular weight excluding hydrogens is 392 g/mol. The zero-order valence-corrected chi connectivity index (χ0v) is 16.3. The van der Waals surface area contributed by atoms with Gasteiger partial charge in [0.15, 0.2) is 0 Å². The van der Waals surface area contributed by atoms with Gasteiger partial charge in [0.2, 0.25) is 10.0 Å². The summed E-state index contributed by atoms with van der Waals surface area (Å²) >= 11 is 0. The molecule has 0 aromatic heterocycles. The molecule has 0 aliphatic carbocycles. The highest BCUT2D eigenvalue weighted by atomic mass is 32.2. The number of sulfonamides is 1. The Morgan fingerprint density at radius 2 is 1.66 bits per heavy atom. The van der Waals surface area contributed by atoms with Gasteiger partial charge in [0.05, 0.1) is 4.90 Å². The van der Waals surface area contributed by atoms with E-state index in [0.29, 0.717) is 18.8 Å². The Kier molecular flexibility index (Phi) is 6.16. The van der Waals surface area contributed by atoms with Gasteiger partial charge >= 0.3 is 0 Å². The summed E-state index contributed by atoms with van der Waals surface area (Å²) in [6.45, 7) is 1.24. The second kappa shape index (κ2) is 8.77. The van der Waals surface area contributed by atoms with E-state index >= 15 is 0 Å². The van der Waals surface area contributed by atoms with Crippen LogP contribution in [0.4, 0.5) is 5.69 Å². The summed E-state index contributed by atoms with van der Waals surface area (Å²) in [5.74, 6) is -0.500. The van der Waals surface area contributed by atoms with Crippen LogP contribution in [0.2, 0.25) is 0 Å². The molecule has 0 radical (unpaired) electrons. The summed E-state index contributed by atoms with van der Waals surface area (Å²) in [7, 11) is -3.56. The number of nitriles is 1. The van der Waals surface area contributed by atoms with Gasteiger partial charge < -0.3 is 15.3 Å². The molecule has 1 aliphatic heterocycles. The van der Waals surface area contributed by atoms with E-state index in [0.717, 1.165) is 0 Å². The Balaban J connectivity index is 1.63. The number of phenols is 1. The molecule has 8 nitrogen and oxygen atoms in total. The Morgan fingerprint density at radius 1 is 1.03 bits per heavy atom. The molecule has 1 aliphatic rings. The number of benzene rings is 2. The van der Waals surface area contributed by atoms with E-state index in [1.165, 1.54) is 34.8 Å². The molecule has 1 heterocycles. The van der Waals surface area contributed by atoms with Crippen LogP contribution in [0.25, 0.3) is 0 Å². The average molecular weight is 412 g/mol. The first-order valence-electron chi connectivity index (χ1n) is 8.92. The lowest BCUT2D eigenvalue weighted by Crippen LogP contribution is -2.46. The summed E-state index contributed by atoms with van der Waals surface area (Å²) in [6, 6.07) is 16.0.